The molecule has 126 valence electrons. The van der Waals surface area contributed by atoms with Crippen molar-refractivity contribution in [2.45, 2.75) is 27.2 Å². The monoisotopic (exact) mass is 328 g/mol. The van der Waals surface area contributed by atoms with E-state index in [2.05, 4.69) is 5.32 Å². The minimum Gasteiger partial charge on any atom is -0.352 e. The van der Waals surface area contributed by atoms with Crippen LogP contribution in [0.15, 0.2) is 0 Å². The first-order valence-electron chi connectivity index (χ1n) is 6.69. The van der Waals surface area contributed by atoms with E-state index < -0.39 is 15.1 Å². The van der Waals surface area contributed by atoms with Gasteiger partial charge in [-0.2, -0.15) is 13.7 Å². The molecule has 0 aromatic heterocycles. The quantitative estimate of drug-likeness (QED) is 0.203. The molecule has 3 N–H and O–H groups in total. The second kappa shape index (κ2) is 12.9. The summed E-state index contributed by atoms with van der Waals surface area (Å²) in [7, 11) is -3.75. The number of primary amides is 1. The van der Waals surface area contributed by atoms with Crippen molar-refractivity contribution in [3.8, 4) is 0 Å². The molecule has 0 atom stereocenters. The zero-order chi connectivity index (χ0) is 16.0. The standard InChI is InChI=1S/C10H24N2O8Si/c1-4-14-18-21(19-15-5-2,20-16-6-3)17-9-7-8-12-10(11)13/h4-9H2,1-3H3,(H3,11,12,13). The van der Waals surface area contributed by atoms with Gasteiger partial charge in [-0.1, -0.05) is 0 Å². The number of nitrogens with one attached hydrogen (secondary N) is 1. The molecule has 0 radical (unpaired) electrons. The van der Waals surface area contributed by atoms with Gasteiger partial charge in [0.1, 0.15) is 0 Å². The normalized spacial score (nSPS) is 11.6. The highest BCUT2D eigenvalue weighted by atomic mass is 28.4. The van der Waals surface area contributed by atoms with Crippen LogP contribution in [0.5, 0.6) is 0 Å². The Balaban J connectivity index is 4.37. The molecule has 0 aliphatic heterocycles. The Morgan fingerprint density at radius 2 is 1.48 bits per heavy atom. The van der Waals surface area contributed by atoms with Crippen molar-refractivity contribution in [2.75, 3.05) is 33.0 Å². The lowest BCUT2D eigenvalue weighted by atomic mass is 10.4. The van der Waals surface area contributed by atoms with Crippen molar-refractivity contribution >= 4 is 15.1 Å². The summed E-state index contributed by atoms with van der Waals surface area (Å²) >= 11 is 0. The van der Waals surface area contributed by atoms with E-state index in [0.29, 0.717) is 13.0 Å². The maximum atomic E-state index is 10.5. The number of hydrogen-bond acceptors (Lipinski definition) is 8. The molecular formula is C10H24N2O8Si. The van der Waals surface area contributed by atoms with Crippen LogP contribution in [-0.4, -0.2) is 48.1 Å². The summed E-state index contributed by atoms with van der Waals surface area (Å²) in [6.45, 7) is 6.41. The van der Waals surface area contributed by atoms with E-state index in [1.807, 2.05) is 0 Å². The fourth-order valence-corrected chi connectivity index (χ4v) is 2.40. The largest absolute Gasteiger partial charge is 0.764 e. The molecule has 0 heterocycles. The lowest BCUT2D eigenvalue weighted by molar-refractivity contribution is -0.385. The second-order valence-corrected chi connectivity index (χ2v) is 5.25. The van der Waals surface area contributed by atoms with Crippen LogP contribution in [0.4, 0.5) is 4.79 Å². The van der Waals surface area contributed by atoms with Gasteiger partial charge in [-0.05, 0) is 27.2 Å². The van der Waals surface area contributed by atoms with Crippen LogP contribution >= 0.6 is 0 Å². The van der Waals surface area contributed by atoms with Crippen molar-refractivity contribution in [1.29, 1.82) is 0 Å². The second-order valence-electron chi connectivity index (χ2n) is 3.46. The number of carbonyl (C=O) groups is 1. The predicted molar refractivity (Wildman–Crippen MR) is 72.0 cm³/mol. The molecule has 0 spiro atoms. The third-order valence-corrected chi connectivity index (χ3v) is 3.26. The van der Waals surface area contributed by atoms with Crippen LogP contribution in [-0.2, 0) is 32.8 Å². The molecule has 21 heavy (non-hydrogen) atoms. The smallest absolute Gasteiger partial charge is 0.352 e. The van der Waals surface area contributed by atoms with Gasteiger partial charge in [0.2, 0.25) is 0 Å². The minimum absolute atomic E-state index is 0.153. The average Bonchev–Trinajstić information content (AvgIpc) is 2.47. The summed E-state index contributed by atoms with van der Waals surface area (Å²) < 4.78 is 20.5. The average molecular weight is 328 g/mol. The van der Waals surface area contributed by atoms with Gasteiger partial charge < -0.3 is 15.5 Å². The third kappa shape index (κ3) is 10.6. The molecule has 2 amide bonds. The lowest BCUT2D eigenvalue weighted by Gasteiger charge is -2.23. The van der Waals surface area contributed by atoms with Gasteiger partial charge in [-0.15, -0.1) is 0 Å². The topological polar surface area (TPSA) is 120 Å². The molecule has 0 aliphatic carbocycles. The highest BCUT2D eigenvalue weighted by Gasteiger charge is 2.52. The Kier molecular flexibility index (Phi) is 12.4. The van der Waals surface area contributed by atoms with Crippen molar-refractivity contribution in [3.63, 3.8) is 0 Å². The van der Waals surface area contributed by atoms with Gasteiger partial charge >= 0.3 is 15.1 Å². The van der Waals surface area contributed by atoms with Crippen molar-refractivity contribution in [1.82, 2.24) is 5.32 Å². The SMILES string of the molecule is CCOO[Si](OCCCNC(N)=O)(OOCC)OOCC. The highest BCUT2D eigenvalue weighted by molar-refractivity contribution is 6.52. The molecule has 0 saturated carbocycles. The fourth-order valence-electron chi connectivity index (χ4n) is 0.988. The number of hydrogen-bond donors (Lipinski definition) is 2. The van der Waals surface area contributed by atoms with E-state index >= 15 is 0 Å². The van der Waals surface area contributed by atoms with Crippen molar-refractivity contribution in [2.24, 2.45) is 5.73 Å². The molecule has 0 aromatic rings. The first-order valence-corrected chi connectivity index (χ1v) is 8.32. The van der Waals surface area contributed by atoms with E-state index in [1.54, 1.807) is 20.8 Å². The number of amides is 2. The van der Waals surface area contributed by atoms with Gasteiger partial charge in [0.05, 0.1) is 19.8 Å². The number of carbonyl (C=O) groups excluding carboxylic acids is 1. The summed E-state index contributed by atoms with van der Waals surface area (Å²) in [5.41, 5.74) is 4.94. The summed E-state index contributed by atoms with van der Waals surface area (Å²) in [6.07, 6.45) is 0.456. The summed E-state index contributed by atoms with van der Waals surface area (Å²) in [4.78, 5) is 25.0. The summed E-state index contributed by atoms with van der Waals surface area (Å²) in [5, 5.41) is 2.42. The lowest BCUT2D eigenvalue weighted by Crippen LogP contribution is -2.49. The molecule has 0 bridgehead atoms. The van der Waals surface area contributed by atoms with Crippen molar-refractivity contribution in [3.05, 3.63) is 0 Å². The molecule has 10 nitrogen and oxygen atoms in total. The Bertz CT molecular complexity index is 250. The van der Waals surface area contributed by atoms with Crippen LogP contribution in [0.25, 0.3) is 0 Å². The number of nitrogens with two attached hydrogens (primary N) is 1. The van der Waals surface area contributed by atoms with Crippen LogP contribution in [0.1, 0.15) is 27.2 Å². The molecular weight excluding hydrogens is 304 g/mol. The molecule has 0 aromatic carbocycles. The zero-order valence-electron chi connectivity index (χ0n) is 12.6. The van der Waals surface area contributed by atoms with Crippen LogP contribution in [0.2, 0.25) is 0 Å². The zero-order valence-corrected chi connectivity index (χ0v) is 13.6. The highest BCUT2D eigenvalue weighted by Crippen LogP contribution is 2.14. The van der Waals surface area contributed by atoms with Crippen LogP contribution < -0.4 is 11.1 Å². The van der Waals surface area contributed by atoms with Crippen molar-refractivity contribution < 1.29 is 37.6 Å². The van der Waals surface area contributed by atoms with E-state index in [0.717, 1.165) is 0 Å². The predicted octanol–water partition coefficient (Wildman–Crippen LogP) is 0.401. The summed E-state index contributed by atoms with van der Waals surface area (Å²) in [5.74, 6) is 0. The third-order valence-electron chi connectivity index (χ3n) is 1.74. The first kappa shape index (κ1) is 20.2. The maximum Gasteiger partial charge on any atom is 0.764 e. The Hall–Kier alpha value is -0.793. The van der Waals surface area contributed by atoms with E-state index in [1.165, 1.54) is 0 Å². The Labute approximate surface area is 125 Å². The minimum atomic E-state index is -3.75. The molecule has 0 fully saturated rings. The molecule has 0 aliphatic rings. The Morgan fingerprint density at radius 3 is 1.86 bits per heavy atom. The Morgan fingerprint density at radius 1 is 1.00 bits per heavy atom. The molecule has 0 rings (SSSR count). The van der Waals surface area contributed by atoms with Gasteiger partial charge in [-0.3, -0.25) is 0 Å². The number of rotatable bonds is 14. The van der Waals surface area contributed by atoms with Gasteiger partial charge in [0.25, 0.3) is 0 Å². The van der Waals surface area contributed by atoms with E-state index in [9.17, 15) is 4.79 Å². The molecule has 11 heteroatoms. The van der Waals surface area contributed by atoms with E-state index in [-0.39, 0.29) is 26.4 Å². The van der Waals surface area contributed by atoms with E-state index in [4.69, 9.17) is 38.6 Å². The number of urea groups is 1. The van der Waals surface area contributed by atoms with Gasteiger partial charge in [0, 0.05) is 13.2 Å². The molecule has 0 unspecified atom stereocenters. The maximum absolute atomic E-state index is 10.5. The van der Waals surface area contributed by atoms with Crippen LogP contribution in [0, 0.1) is 0 Å². The first-order chi connectivity index (χ1) is 10.1. The van der Waals surface area contributed by atoms with Gasteiger partial charge in [-0.25, -0.2) is 19.5 Å². The van der Waals surface area contributed by atoms with Gasteiger partial charge in [0.15, 0.2) is 0 Å². The van der Waals surface area contributed by atoms with Crippen LogP contribution in [0.3, 0.4) is 0 Å². The molecule has 0 saturated heterocycles. The summed E-state index contributed by atoms with van der Waals surface area (Å²) in [6, 6.07) is -0.611. The fraction of sp³-hybridized carbons (Fsp3) is 0.900.